The Morgan fingerprint density at radius 3 is 3.06 bits per heavy atom. The van der Waals surface area contributed by atoms with E-state index in [9.17, 15) is 4.79 Å². The van der Waals surface area contributed by atoms with Crippen LogP contribution in [0.4, 0.5) is 0 Å². The summed E-state index contributed by atoms with van der Waals surface area (Å²) in [5.74, 6) is -0.0116. The average Bonchev–Trinajstić information content (AvgIpc) is 2.87. The Morgan fingerprint density at radius 1 is 1.44 bits per heavy atom. The SMILES string of the molecule is CCOC(=O)c1cc(/C=C/c2ccccn2)on1. The molecule has 0 atom stereocenters. The van der Waals surface area contributed by atoms with E-state index in [0.717, 1.165) is 5.69 Å². The van der Waals surface area contributed by atoms with Crippen LogP contribution in [0.3, 0.4) is 0 Å². The number of esters is 1. The summed E-state index contributed by atoms with van der Waals surface area (Å²) in [6.07, 6.45) is 5.16. The first-order valence-corrected chi connectivity index (χ1v) is 5.52. The molecule has 5 nitrogen and oxygen atoms in total. The molecular formula is C13H12N2O3. The molecule has 0 aliphatic rings. The van der Waals surface area contributed by atoms with Gasteiger partial charge in [0.15, 0.2) is 11.5 Å². The summed E-state index contributed by atoms with van der Waals surface area (Å²) in [4.78, 5) is 15.5. The van der Waals surface area contributed by atoms with Crippen LogP contribution in [0.25, 0.3) is 12.2 Å². The summed E-state index contributed by atoms with van der Waals surface area (Å²) >= 11 is 0. The zero-order chi connectivity index (χ0) is 12.8. The maximum atomic E-state index is 11.4. The molecular weight excluding hydrogens is 232 g/mol. The van der Waals surface area contributed by atoms with Gasteiger partial charge in [-0.1, -0.05) is 11.2 Å². The minimum atomic E-state index is -0.487. The molecule has 0 amide bonds. The Hall–Kier alpha value is -2.43. The number of rotatable bonds is 4. The van der Waals surface area contributed by atoms with Gasteiger partial charge in [0.05, 0.1) is 12.3 Å². The van der Waals surface area contributed by atoms with Crippen LogP contribution in [0, 0.1) is 0 Å². The number of nitrogens with zero attached hydrogens (tertiary/aromatic N) is 2. The number of ether oxygens (including phenoxy) is 1. The molecule has 92 valence electrons. The van der Waals surface area contributed by atoms with Crippen molar-refractivity contribution in [3.8, 4) is 0 Å². The van der Waals surface area contributed by atoms with Gasteiger partial charge in [-0.05, 0) is 31.2 Å². The van der Waals surface area contributed by atoms with Crippen LogP contribution in [0.5, 0.6) is 0 Å². The topological polar surface area (TPSA) is 65.2 Å². The molecule has 2 aromatic heterocycles. The van der Waals surface area contributed by atoms with Gasteiger partial charge in [-0.3, -0.25) is 4.98 Å². The lowest BCUT2D eigenvalue weighted by Gasteiger charge is -1.94. The molecule has 5 heteroatoms. The van der Waals surface area contributed by atoms with Crippen molar-refractivity contribution in [1.82, 2.24) is 10.1 Å². The van der Waals surface area contributed by atoms with Gasteiger partial charge in [-0.15, -0.1) is 0 Å². The van der Waals surface area contributed by atoms with Crippen molar-refractivity contribution in [3.05, 3.63) is 47.6 Å². The monoisotopic (exact) mass is 244 g/mol. The highest BCUT2D eigenvalue weighted by Gasteiger charge is 2.11. The van der Waals surface area contributed by atoms with Crippen molar-refractivity contribution in [1.29, 1.82) is 0 Å². The molecule has 0 saturated heterocycles. The van der Waals surface area contributed by atoms with Gasteiger partial charge < -0.3 is 9.26 Å². The molecule has 0 bridgehead atoms. The van der Waals surface area contributed by atoms with Crippen molar-refractivity contribution in [2.24, 2.45) is 0 Å². The van der Waals surface area contributed by atoms with Gasteiger partial charge in [-0.25, -0.2) is 4.79 Å². The van der Waals surface area contributed by atoms with Crippen molar-refractivity contribution in [2.75, 3.05) is 6.61 Å². The van der Waals surface area contributed by atoms with Crippen molar-refractivity contribution < 1.29 is 14.1 Å². The van der Waals surface area contributed by atoms with Crippen LogP contribution >= 0.6 is 0 Å². The molecule has 2 heterocycles. The van der Waals surface area contributed by atoms with Gasteiger partial charge >= 0.3 is 5.97 Å². The molecule has 2 aromatic rings. The Balaban J connectivity index is 2.07. The quantitative estimate of drug-likeness (QED) is 0.773. The minimum absolute atomic E-state index is 0.164. The lowest BCUT2D eigenvalue weighted by molar-refractivity contribution is 0.0514. The highest BCUT2D eigenvalue weighted by Crippen LogP contribution is 2.09. The van der Waals surface area contributed by atoms with Crippen LogP contribution < -0.4 is 0 Å². The van der Waals surface area contributed by atoms with Gasteiger partial charge in [0.25, 0.3) is 0 Å². The number of hydrogen-bond donors (Lipinski definition) is 0. The lowest BCUT2D eigenvalue weighted by atomic mass is 10.3. The summed E-state index contributed by atoms with van der Waals surface area (Å²) in [5.41, 5.74) is 0.962. The highest BCUT2D eigenvalue weighted by molar-refractivity contribution is 5.87. The first-order chi connectivity index (χ1) is 8.79. The Morgan fingerprint density at radius 2 is 2.33 bits per heavy atom. The number of carbonyl (C=O) groups excluding carboxylic acids is 1. The molecule has 0 radical (unpaired) electrons. The van der Waals surface area contributed by atoms with Gasteiger partial charge in [-0.2, -0.15) is 0 Å². The molecule has 0 unspecified atom stereocenters. The standard InChI is InChI=1S/C13H12N2O3/c1-2-17-13(16)12-9-11(18-15-12)7-6-10-5-3-4-8-14-10/h3-9H,2H2,1H3/b7-6+. The molecule has 0 saturated carbocycles. The van der Waals surface area contributed by atoms with Crippen LogP contribution in [-0.2, 0) is 4.74 Å². The van der Waals surface area contributed by atoms with Crippen LogP contribution in [-0.4, -0.2) is 22.7 Å². The second-order valence-electron chi connectivity index (χ2n) is 3.42. The smallest absolute Gasteiger partial charge is 0.360 e. The molecule has 0 spiro atoms. The van der Waals surface area contributed by atoms with Crippen molar-refractivity contribution in [2.45, 2.75) is 6.92 Å². The van der Waals surface area contributed by atoms with Gasteiger partial charge in [0.1, 0.15) is 0 Å². The molecule has 2 rings (SSSR count). The predicted octanol–water partition coefficient (Wildman–Crippen LogP) is 2.42. The van der Waals surface area contributed by atoms with E-state index in [1.165, 1.54) is 6.07 Å². The number of pyridine rings is 1. The minimum Gasteiger partial charge on any atom is -0.461 e. The van der Waals surface area contributed by atoms with E-state index < -0.39 is 5.97 Å². The van der Waals surface area contributed by atoms with E-state index in [1.54, 1.807) is 25.3 Å². The van der Waals surface area contributed by atoms with Gasteiger partial charge in [0.2, 0.25) is 0 Å². The fourth-order valence-electron chi connectivity index (χ4n) is 1.31. The third kappa shape index (κ3) is 3.04. The van der Waals surface area contributed by atoms with Crippen LogP contribution in [0.15, 0.2) is 35.0 Å². The first-order valence-electron chi connectivity index (χ1n) is 5.52. The van der Waals surface area contributed by atoms with Crippen LogP contribution in [0.2, 0.25) is 0 Å². The van der Waals surface area contributed by atoms with Crippen molar-refractivity contribution in [3.63, 3.8) is 0 Å². The van der Waals surface area contributed by atoms with E-state index in [-0.39, 0.29) is 5.69 Å². The fraction of sp³-hybridized carbons (Fsp3) is 0.154. The summed E-state index contributed by atoms with van der Waals surface area (Å²) in [6.45, 7) is 2.05. The summed E-state index contributed by atoms with van der Waals surface area (Å²) in [5, 5.41) is 3.63. The number of carbonyl (C=O) groups is 1. The summed E-state index contributed by atoms with van der Waals surface area (Å²) < 4.78 is 9.79. The predicted molar refractivity (Wildman–Crippen MR) is 65.6 cm³/mol. The molecule has 0 fully saturated rings. The second-order valence-corrected chi connectivity index (χ2v) is 3.42. The van der Waals surface area contributed by atoms with Crippen molar-refractivity contribution >= 4 is 18.1 Å². The molecule has 0 aliphatic heterocycles. The number of aromatic nitrogens is 2. The Bertz CT molecular complexity index is 546. The van der Waals surface area contributed by atoms with E-state index in [4.69, 9.17) is 9.26 Å². The summed E-state index contributed by atoms with van der Waals surface area (Å²) in [7, 11) is 0. The summed E-state index contributed by atoms with van der Waals surface area (Å²) in [6, 6.07) is 7.11. The fourth-order valence-corrected chi connectivity index (χ4v) is 1.31. The largest absolute Gasteiger partial charge is 0.461 e. The Kier molecular flexibility index (Phi) is 3.86. The Labute approximate surface area is 104 Å². The zero-order valence-electron chi connectivity index (χ0n) is 9.87. The number of hydrogen-bond acceptors (Lipinski definition) is 5. The highest BCUT2D eigenvalue weighted by atomic mass is 16.5. The maximum absolute atomic E-state index is 11.4. The average molecular weight is 244 g/mol. The lowest BCUT2D eigenvalue weighted by Crippen LogP contribution is -2.04. The normalized spacial score (nSPS) is 10.7. The van der Waals surface area contributed by atoms with E-state index in [0.29, 0.717) is 12.4 Å². The second kappa shape index (κ2) is 5.77. The van der Waals surface area contributed by atoms with E-state index >= 15 is 0 Å². The molecule has 0 aromatic carbocycles. The molecule has 0 aliphatic carbocycles. The maximum Gasteiger partial charge on any atom is 0.360 e. The third-order valence-electron chi connectivity index (χ3n) is 2.12. The molecule has 18 heavy (non-hydrogen) atoms. The zero-order valence-corrected chi connectivity index (χ0v) is 9.87. The first kappa shape index (κ1) is 12.0. The van der Waals surface area contributed by atoms with Crippen LogP contribution in [0.1, 0.15) is 28.9 Å². The third-order valence-corrected chi connectivity index (χ3v) is 2.12. The van der Waals surface area contributed by atoms with E-state index in [2.05, 4.69) is 10.1 Å². The van der Waals surface area contributed by atoms with Gasteiger partial charge in [0, 0.05) is 12.3 Å². The molecule has 0 N–H and O–H groups in total. The van der Waals surface area contributed by atoms with E-state index in [1.807, 2.05) is 18.2 Å².